The molecule has 1 aromatic heterocycles. The smallest absolute Gasteiger partial charge is 0.326 e. The lowest BCUT2D eigenvalue weighted by Gasteiger charge is -2.25. The summed E-state index contributed by atoms with van der Waals surface area (Å²) in [6, 6.07) is 12.2. The highest BCUT2D eigenvalue weighted by Gasteiger charge is 2.31. The number of fused-ring (bicyclic) bond motifs is 1. The van der Waals surface area contributed by atoms with Crippen molar-refractivity contribution in [1.82, 2.24) is 20.9 Å². The molecule has 2 aromatic carbocycles. The summed E-state index contributed by atoms with van der Waals surface area (Å²) in [6.07, 6.45) is 4.67. The maximum absolute atomic E-state index is 13.6. The van der Waals surface area contributed by atoms with Crippen LogP contribution in [0.15, 0.2) is 65.8 Å². The van der Waals surface area contributed by atoms with Crippen molar-refractivity contribution < 1.29 is 24.3 Å². The number of H-pyrrole nitrogens is 1. The van der Waals surface area contributed by atoms with Crippen LogP contribution in [0.25, 0.3) is 10.9 Å². The molecule has 242 valence electrons. The van der Waals surface area contributed by atoms with Crippen LogP contribution >= 0.6 is 11.8 Å². The van der Waals surface area contributed by atoms with Gasteiger partial charge < -0.3 is 43.2 Å². The minimum atomic E-state index is -1.27. The number of aromatic amines is 1. The van der Waals surface area contributed by atoms with Crippen LogP contribution in [-0.4, -0.2) is 82.5 Å². The number of aliphatic imine (C=N–C) groups is 1. The lowest BCUT2D eigenvalue weighted by molar-refractivity contribution is -0.142. The van der Waals surface area contributed by atoms with Crippen LogP contribution in [0.5, 0.6) is 0 Å². The first-order valence-electron chi connectivity index (χ1n) is 14.6. The number of aromatic nitrogens is 1. The first-order valence-corrected chi connectivity index (χ1v) is 16.0. The molecule has 11 N–H and O–H groups in total. The number of amides is 3. The van der Waals surface area contributed by atoms with Gasteiger partial charge in [-0.3, -0.25) is 19.4 Å². The number of rotatable bonds is 18. The quantitative estimate of drug-likeness (QED) is 0.0554. The highest BCUT2D eigenvalue weighted by molar-refractivity contribution is 7.98. The van der Waals surface area contributed by atoms with E-state index in [-0.39, 0.29) is 31.8 Å². The van der Waals surface area contributed by atoms with E-state index in [4.69, 9.17) is 17.2 Å². The standard InChI is InChI=1S/C31H42N8O5S/c1-45-15-13-22(32)27(40)37-24(12-7-14-35-31(33)34)28(41)38-25(16-19-8-3-2-4-9-19)29(42)39-26(30(43)44)17-20-18-36-23-11-6-5-10-21(20)23/h2-6,8-11,18,22,24-26,36H,7,12-17,32H2,1H3,(H,37,40)(H,38,41)(H,39,42)(H,43,44)(H4,33,34,35). The lowest BCUT2D eigenvalue weighted by Crippen LogP contribution is -2.57. The summed E-state index contributed by atoms with van der Waals surface area (Å²) < 4.78 is 0. The second-order valence-electron chi connectivity index (χ2n) is 10.6. The first kappa shape index (κ1) is 34.9. The molecule has 3 rings (SSSR count). The normalized spacial score (nSPS) is 13.6. The molecule has 3 aromatic rings. The van der Waals surface area contributed by atoms with Crippen LogP contribution in [0.4, 0.5) is 0 Å². The zero-order valence-corrected chi connectivity index (χ0v) is 26.0. The van der Waals surface area contributed by atoms with E-state index in [1.54, 1.807) is 42.2 Å². The van der Waals surface area contributed by atoms with Gasteiger partial charge in [0.15, 0.2) is 5.96 Å². The SMILES string of the molecule is CSCCC(N)C(=O)NC(CCCN=C(N)N)C(=O)NC(Cc1ccccc1)C(=O)NC(Cc1c[nH]c2ccccc12)C(=O)O. The van der Waals surface area contributed by atoms with Crippen molar-refractivity contribution in [2.75, 3.05) is 18.6 Å². The third kappa shape index (κ3) is 11.1. The highest BCUT2D eigenvalue weighted by atomic mass is 32.2. The molecule has 0 bridgehead atoms. The molecule has 13 nitrogen and oxygen atoms in total. The molecule has 0 saturated heterocycles. The number of thioether (sulfide) groups is 1. The summed E-state index contributed by atoms with van der Waals surface area (Å²) in [5, 5.41) is 18.9. The van der Waals surface area contributed by atoms with E-state index in [9.17, 15) is 24.3 Å². The van der Waals surface area contributed by atoms with Gasteiger partial charge in [0, 0.05) is 36.5 Å². The summed E-state index contributed by atoms with van der Waals surface area (Å²) in [5.74, 6) is -2.45. The molecule has 0 fully saturated rings. The summed E-state index contributed by atoms with van der Waals surface area (Å²) in [7, 11) is 0. The number of carbonyl (C=O) groups is 4. The Hall–Kier alpha value is -4.56. The van der Waals surface area contributed by atoms with Gasteiger partial charge in [0.2, 0.25) is 17.7 Å². The Kier molecular flexibility index (Phi) is 13.7. The number of guanidine groups is 1. The van der Waals surface area contributed by atoms with Gasteiger partial charge in [-0.15, -0.1) is 0 Å². The third-order valence-electron chi connectivity index (χ3n) is 7.18. The van der Waals surface area contributed by atoms with E-state index in [0.717, 1.165) is 22.0 Å². The Labute approximate surface area is 266 Å². The lowest BCUT2D eigenvalue weighted by atomic mass is 10.0. The molecular formula is C31H42N8O5S. The molecule has 0 aliphatic carbocycles. The van der Waals surface area contributed by atoms with E-state index in [1.165, 1.54) is 0 Å². The van der Waals surface area contributed by atoms with E-state index in [2.05, 4.69) is 25.9 Å². The molecule has 0 radical (unpaired) electrons. The Morgan fingerprint density at radius 1 is 0.867 bits per heavy atom. The molecule has 45 heavy (non-hydrogen) atoms. The molecular weight excluding hydrogens is 596 g/mol. The van der Waals surface area contributed by atoms with Gasteiger partial charge >= 0.3 is 5.97 Å². The van der Waals surface area contributed by atoms with Crippen molar-refractivity contribution in [3.8, 4) is 0 Å². The number of para-hydroxylation sites is 1. The predicted molar refractivity (Wildman–Crippen MR) is 176 cm³/mol. The Morgan fingerprint density at radius 2 is 1.51 bits per heavy atom. The topological polar surface area (TPSA) is 231 Å². The van der Waals surface area contributed by atoms with Gasteiger partial charge in [0.1, 0.15) is 18.1 Å². The fourth-order valence-electron chi connectivity index (χ4n) is 4.75. The van der Waals surface area contributed by atoms with Crippen LogP contribution in [-0.2, 0) is 32.0 Å². The largest absolute Gasteiger partial charge is 0.480 e. The number of aliphatic carboxylic acids is 1. The van der Waals surface area contributed by atoms with Crippen LogP contribution in [0, 0.1) is 0 Å². The molecule has 14 heteroatoms. The minimum absolute atomic E-state index is 0.0223. The average Bonchev–Trinajstić information content (AvgIpc) is 3.43. The van der Waals surface area contributed by atoms with Crippen LogP contribution in [0.2, 0.25) is 0 Å². The zero-order valence-electron chi connectivity index (χ0n) is 25.2. The predicted octanol–water partition coefficient (Wildman–Crippen LogP) is 0.626. The number of benzene rings is 2. The monoisotopic (exact) mass is 638 g/mol. The molecule has 3 amide bonds. The van der Waals surface area contributed by atoms with E-state index < -0.39 is 47.9 Å². The number of nitrogens with zero attached hydrogens (tertiary/aromatic N) is 1. The van der Waals surface area contributed by atoms with Gasteiger partial charge in [-0.25, -0.2) is 4.79 Å². The maximum Gasteiger partial charge on any atom is 0.326 e. The molecule has 0 aliphatic heterocycles. The van der Waals surface area contributed by atoms with E-state index in [1.807, 2.05) is 36.6 Å². The Bertz CT molecular complexity index is 1460. The second kappa shape index (κ2) is 17.7. The van der Waals surface area contributed by atoms with Crippen LogP contribution < -0.4 is 33.2 Å². The Morgan fingerprint density at radius 3 is 2.20 bits per heavy atom. The number of carboxylic acid groups (broad SMARTS) is 1. The number of hydrogen-bond donors (Lipinski definition) is 8. The van der Waals surface area contributed by atoms with Crippen LogP contribution in [0.1, 0.15) is 30.4 Å². The number of carbonyl (C=O) groups excluding carboxylic acids is 3. The molecule has 0 saturated carbocycles. The fraction of sp³-hybridized carbons (Fsp3) is 0.387. The molecule has 0 spiro atoms. The number of hydrogen-bond acceptors (Lipinski definition) is 7. The van der Waals surface area contributed by atoms with Crippen molar-refractivity contribution in [2.24, 2.45) is 22.2 Å². The number of nitrogens with one attached hydrogen (secondary N) is 4. The Balaban J connectivity index is 1.80. The summed E-state index contributed by atoms with van der Waals surface area (Å²) in [4.78, 5) is 59.4. The van der Waals surface area contributed by atoms with E-state index in [0.29, 0.717) is 18.6 Å². The van der Waals surface area contributed by atoms with Gasteiger partial charge in [-0.1, -0.05) is 48.5 Å². The number of nitrogens with two attached hydrogens (primary N) is 3. The minimum Gasteiger partial charge on any atom is -0.480 e. The van der Waals surface area contributed by atoms with Gasteiger partial charge in [0.05, 0.1) is 6.04 Å². The first-order chi connectivity index (χ1) is 21.6. The summed E-state index contributed by atoms with van der Waals surface area (Å²) >= 11 is 1.55. The van der Waals surface area contributed by atoms with Gasteiger partial charge in [-0.05, 0) is 48.5 Å². The fourth-order valence-corrected chi connectivity index (χ4v) is 5.24. The van der Waals surface area contributed by atoms with Crippen molar-refractivity contribution >= 4 is 52.3 Å². The van der Waals surface area contributed by atoms with Crippen molar-refractivity contribution in [3.63, 3.8) is 0 Å². The molecule has 1 heterocycles. The second-order valence-corrected chi connectivity index (χ2v) is 11.6. The van der Waals surface area contributed by atoms with E-state index >= 15 is 0 Å². The summed E-state index contributed by atoms with van der Waals surface area (Å²) in [6.45, 7) is 0.225. The molecule has 0 aliphatic rings. The molecule has 4 atom stereocenters. The van der Waals surface area contributed by atoms with Crippen molar-refractivity contribution in [3.05, 3.63) is 71.9 Å². The third-order valence-corrected chi connectivity index (χ3v) is 7.82. The van der Waals surface area contributed by atoms with Gasteiger partial charge in [0.25, 0.3) is 0 Å². The van der Waals surface area contributed by atoms with Crippen LogP contribution in [0.3, 0.4) is 0 Å². The van der Waals surface area contributed by atoms with Gasteiger partial charge in [-0.2, -0.15) is 11.8 Å². The highest BCUT2D eigenvalue weighted by Crippen LogP contribution is 2.19. The number of carboxylic acids is 1. The van der Waals surface area contributed by atoms with Crippen molar-refractivity contribution in [2.45, 2.75) is 56.3 Å². The zero-order chi connectivity index (χ0) is 32.8. The van der Waals surface area contributed by atoms with Crippen molar-refractivity contribution in [1.29, 1.82) is 0 Å². The average molecular weight is 639 g/mol. The maximum atomic E-state index is 13.6. The molecule has 4 unspecified atom stereocenters. The summed E-state index contributed by atoms with van der Waals surface area (Å²) in [5.41, 5.74) is 19.2.